The van der Waals surface area contributed by atoms with Crippen LogP contribution in [0.3, 0.4) is 0 Å². The van der Waals surface area contributed by atoms with Crippen molar-refractivity contribution in [3.63, 3.8) is 0 Å². The number of furan rings is 1. The lowest BCUT2D eigenvalue weighted by molar-refractivity contribution is 0.0642. The van der Waals surface area contributed by atoms with E-state index in [9.17, 15) is 9.18 Å². The molecule has 0 atom stereocenters. The summed E-state index contributed by atoms with van der Waals surface area (Å²) in [6.07, 6.45) is 7.44. The Balaban J connectivity index is 1.60. The Kier molecular flexibility index (Phi) is 4.56. The van der Waals surface area contributed by atoms with Gasteiger partial charge in [0.05, 0.1) is 12.8 Å². The summed E-state index contributed by atoms with van der Waals surface area (Å²) in [4.78, 5) is 14.9. The van der Waals surface area contributed by atoms with Crippen LogP contribution < -0.4 is 0 Å². The number of aromatic nitrogens is 2. The molecule has 1 aliphatic carbocycles. The monoisotopic (exact) mass is 353 g/mol. The fourth-order valence-corrected chi connectivity index (χ4v) is 3.51. The molecule has 0 aliphatic heterocycles. The molecule has 0 bridgehead atoms. The van der Waals surface area contributed by atoms with E-state index in [4.69, 9.17) is 4.42 Å². The zero-order valence-electron chi connectivity index (χ0n) is 14.3. The van der Waals surface area contributed by atoms with Gasteiger partial charge in [-0.2, -0.15) is 5.10 Å². The largest absolute Gasteiger partial charge is 0.467 e. The van der Waals surface area contributed by atoms with Crippen molar-refractivity contribution in [2.24, 2.45) is 0 Å². The molecule has 3 aromatic rings. The second-order valence-electron chi connectivity index (χ2n) is 6.55. The van der Waals surface area contributed by atoms with Gasteiger partial charge in [0.2, 0.25) is 0 Å². The fourth-order valence-electron chi connectivity index (χ4n) is 3.51. The third kappa shape index (κ3) is 3.27. The van der Waals surface area contributed by atoms with Gasteiger partial charge >= 0.3 is 0 Å². The van der Waals surface area contributed by atoms with Gasteiger partial charge < -0.3 is 9.32 Å². The molecule has 1 saturated carbocycles. The first kappa shape index (κ1) is 16.6. The molecule has 1 aliphatic rings. The molecular weight excluding hydrogens is 333 g/mol. The van der Waals surface area contributed by atoms with Gasteiger partial charge in [-0.3, -0.25) is 4.79 Å². The van der Waals surface area contributed by atoms with E-state index in [2.05, 4.69) is 5.10 Å². The third-order valence-corrected chi connectivity index (χ3v) is 4.84. The summed E-state index contributed by atoms with van der Waals surface area (Å²) in [5, 5.41) is 4.32. The maximum atomic E-state index is 14.0. The maximum absolute atomic E-state index is 14.0. The molecule has 0 N–H and O–H groups in total. The molecule has 0 saturated heterocycles. The predicted octanol–water partition coefficient (Wildman–Crippen LogP) is 4.19. The summed E-state index contributed by atoms with van der Waals surface area (Å²) < 4.78 is 20.8. The summed E-state index contributed by atoms with van der Waals surface area (Å²) in [5.41, 5.74) is 0.636. The molecule has 1 fully saturated rings. The Labute approximate surface area is 151 Å². The number of hydrogen-bond acceptors (Lipinski definition) is 3. The number of para-hydroxylation sites is 1. The molecule has 2 aromatic heterocycles. The Hall–Kier alpha value is -2.89. The number of rotatable bonds is 5. The Morgan fingerprint density at radius 1 is 1.19 bits per heavy atom. The molecule has 6 heteroatoms. The van der Waals surface area contributed by atoms with E-state index < -0.39 is 0 Å². The highest BCUT2D eigenvalue weighted by Gasteiger charge is 2.29. The number of halogens is 1. The van der Waals surface area contributed by atoms with Gasteiger partial charge in [0.15, 0.2) is 5.69 Å². The topological polar surface area (TPSA) is 51.3 Å². The minimum atomic E-state index is -0.377. The highest BCUT2D eigenvalue weighted by atomic mass is 19.1. The van der Waals surface area contributed by atoms with Crippen molar-refractivity contribution in [1.82, 2.24) is 14.7 Å². The van der Waals surface area contributed by atoms with Gasteiger partial charge in [0, 0.05) is 12.2 Å². The molecule has 134 valence electrons. The Bertz CT molecular complexity index is 882. The smallest absolute Gasteiger partial charge is 0.275 e. The van der Waals surface area contributed by atoms with Crippen molar-refractivity contribution in [2.75, 3.05) is 0 Å². The molecule has 0 unspecified atom stereocenters. The number of hydrogen-bond donors (Lipinski definition) is 0. The van der Waals surface area contributed by atoms with Crippen LogP contribution in [-0.2, 0) is 6.54 Å². The van der Waals surface area contributed by atoms with Crippen LogP contribution in [0.2, 0.25) is 0 Å². The molecule has 0 radical (unpaired) electrons. The molecule has 1 aromatic carbocycles. The number of benzene rings is 1. The second-order valence-corrected chi connectivity index (χ2v) is 6.55. The van der Waals surface area contributed by atoms with Crippen LogP contribution in [0, 0.1) is 5.82 Å². The molecule has 2 heterocycles. The van der Waals surface area contributed by atoms with Crippen LogP contribution in [0.15, 0.2) is 59.3 Å². The number of amides is 1. The highest BCUT2D eigenvalue weighted by molar-refractivity contribution is 5.92. The quantitative estimate of drug-likeness (QED) is 0.691. The highest BCUT2D eigenvalue weighted by Crippen LogP contribution is 2.26. The molecule has 1 amide bonds. The number of carbonyl (C=O) groups excluding carboxylic acids is 1. The first-order chi connectivity index (χ1) is 12.7. The van der Waals surface area contributed by atoms with Crippen LogP contribution in [0.5, 0.6) is 0 Å². The Morgan fingerprint density at radius 3 is 2.73 bits per heavy atom. The van der Waals surface area contributed by atoms with Crippen molar-refractivity contribution in [3.8, 4) is 5.69 Å². The zero-order valence-corrected chi connectivity index (χ0v) is 14.3. The van der Waals surface area contributed by atoms with Crippen LogP contribution in [-0.4, -0.2) is 26.6 Å². The third-order valence-electron chi connectivity index (χ3n) is 4.84. The standard InChI is InChI=1S/C20H20FN3O2/c21-17-9-3-4-10-19(17)24-12-11-18(22-24)20(25)23(15-6-1-2-7-15)14-16-8-5-13-26-16/h3-5,8-13,15H,1-2,6-7,14H2. The van der Waals surface area contributed by atoms with E-state index in [1.54, 1.807) is 36.7 Å². The van der Waals surface area contributed by atoms with E-state index >= 15 is 0 Å². The van der Waals surface area contributed by atoms with E-state index in [0.29, 0.717) is 17.9 Å². The number of nitrogens with zero attached hydrogens (tertiary/aromatic N) is 3. The van der Waals surface area contributed by atoms with Crippen LogP contribution >= 0.6 is 0 Å². The van der Waals surface area contributed by atoms with Gasteiger partial charge in [-0.15, -0.1) is 0 Å². The lowest BCUT2D eigenvalue weighted by Crippen LogP contribution is -2.38. The normalized spacial score (nSPS) is 14.7. The molecular formula is C20H20FN3O2. The molecule has 26 heavy (non-hydrogen) atoms. The lowest BCUT2D eigenvalue weighted by Gasteiger charge is -2.27. The summed E-state index contributed by atoms with van der Waals surface area (Å²) in [5.74, 6) is 0.222. The summed E-state index contributed by atoms with van der Waals surface area (Å²) in [7, 11) is 0. The summed E-state index contributed by atoms with van der Waals surface area (Å²) in [6.45, 7) is 0.420. The van der Waals surface area contributed by atoms with Gasteiger partial charge in [-0.05, 0) is 43.2 Å². The van der Waals surface area contributed by atoms with E-state index in [0.717, 1.165) is 31.4 Å². The average Bonchev–Trinajstić information content (AvgIpc) is 3.41. The molecule has 0 spiro atoms. The van der Waals surface area contributed by atoms with Crippen LogP contribution in [0.1, 0.15) is 41.9 Å². The van der Waals surface area contributed by atoms with E-state index in [1.165, 1.54) is 10.7 Å². The fraction of sp³-hybridized carbons (Fsp3) is 0.300. The van der Waals surface area contributed by atoms with Gasteiger partial charge in [0.25, 0.3) is 5.91 Å². The van der Waals surface area contributed by atoms with Crippen LogP contribution in [0.4, 0.5) is 4.39 Å². The summed E-state index contributed by atoms with van der Waals surface area (Å²) >= 11 is 0. The molecule has 4 rings (SSSR count). The van der Waals surface area contributed by atoms with Gasteiger partial charge in [-0.1, -0.05) is 25.0 Å². The van der Waals surface area contributed by atoms with Crippen LogP contribution in [0.25, 0.3) is 5.69 Å². The maximum Gasteiger partial charge on any atom is 0.275 e. The summed E-state index contributed by atoms with van der Waals surface area (Å²) in [6, 6.07) is 11.9. The minimum Gasteiger partial charge on any atom is -0.467 e. The number of carbonyl (C=O) groups is 1. The SMILES string of the molecule is O=C(c1ccn(-c2ccccc2F)n1)N(Cc1ccco1)C1CCCC1. The van der Waals surface area contributed by atoms with Crippen molar-refractivity contribution in [3.05, 3.63) is 72.2 Å². The van der Waals surface area contributed by atoms with Gasteiger partial charge in [0.1, 0.15) is 17.3 Å². The molecule has 5 nitrogen and oxygen atoms in total. The van der Waals surface area contributed by atoms with Crippen molar-refractivity contribution in [1.29, 1.82) is 0 Å². The average molecular weight is 353 g/mol. The van der Waals surface area contributed by atoms with E-state index in [-0.39, 0.29) is 17.8 Å². The predicted molar refractivity (Wildman–Crippen MR) is 94.4 cm³/mol. The minimum absolute atomic E-state index is 0.150. The second kappa shape index (κ2) is 7.15. The zero-order chi connectivity index (χ0) is 17.9. The first-order valence-electron chi connectivity index (χ1n) is 8.86. The first-order valence-corrected chi connectivity index (χ1v) is 8.86. The van der Waals surface area contributed by atoms with Crippen molar-refractivity contribution >= 4 is 5.91 Å². The van der Waals surface area contributed by atoms with E-state index in [1.807, 2.05) is 17.0 Å². The van der Waals surface area contributed by atoms with Crippen molar-refractivity contribution in [2.45, 2.75) is 38.3 Å². The van der Waals surface area contributed by atoms with Crippen molar-refractivity contribution < 1.29 is 13.6 Å². The Morgan fingerprint density at radius 2 is 2.00 bits per heavy atom. The van der Waals surface area contributed by atoms with Gasteiger partial charge in [-0.25, -0.2) is 9.07 Å². The lowest BCUT2D eigenvalue weighted by atomic mass is 10.2.